The lowest BCUT2D eigenvalue weighted by atomic mass is 10.1. The number of piperazine rings is 1. The smallest absolute Gasteiger partial charge is 0.254 e. The van der Waals surface area contributed by atoms with Crippen molar-refractivity contribution >= 4 is 11.8 Å². The standard InChI is InChI=1S/C13H16N2O3/c1-9-10(4-3-5-11(9)16)13(18)15-7-6-14(2)12(17)8-15/h3-5,16H,6-8H2,1-2H3. The Morgan fingerprint density at radius 2 is 2.06 bits per heavy atom. The van der Waals surface area contributed by atoms with Crippen LogP contribution in [0.2, 0.25) is 0 Å². The summed E-state index contributed by atoms with van der Waals surface area (Å²) in [5, 5.41) is 9.60. The van der Waals surface area contributed by atoms with Crippen LogP contribution >= 0.6 is 0 Å². The largest absolute Gasteiger partial charge is 0.508 e. The lowest BCUT2D eigenvalue weighted by molar-refractivity contribution is -0.133. The zero-order valence-corrected chi connectivity index (χ0v) is 10.5. The highest BCUT2D eigenvalue weighted by molar-refractivity contribution is 5.98. The number of carbonyl (C=O) groups is 2. The van der Waals surface area contributed by atoms with Gasteiger partial charge < -0.3 is 14.9 Å². The van der Waals surface area contributed by atoms with E-state index in [1.165, 1.54) is 4.90 Å². The first-order valence-electron chi connectivity index (χ1n) is 5.82. The van der Waals surface area contributed by atoms with Crippen molar-refractivity contribution in [2.24, 2.45) is 0 Å². The molecule has 2 amide bonds. The number of nitrogens with zero attached hydrogens (tertiary/aromatic N) is 2. The van der Waals surface area contributed by atoms with E-state index in [1.54, 1.807) is 37.1 Å². The molecular formula is C13H16N2O3. The van der Waals surface area contributed by atoms with E-state index >= 15 is 0 Å². The van der Waals surface area contributed by atoms with Crippen LogP contribution < -0.4 is 0 Å². The van der Waals surface area contributed by atoms with Crippen molar-refractivity contribution in [2.75, 3.05) is 26.7 Å². The Bertz CT molecular complexity index is 499. The maximum absolute atomic E-state index is 12.3. The van der Waals surface area contributed by atoms with Crippen molar-refractivity contribution < 1.29 is 14.7 Å². The van der Waals surface area contributed by atoms with Gasteiger partial charge in [-0.05, 0) is 19.1 Å². The topological polar surface area (TPSA) is 60.9 Å². The molecule has 1 fully saturated rings. The maximum atomic E-state index is 12.3. The molecule has 1 heterocycles. The molecule has 1 saturated heterocycles. The fourth-order valence-electron chi connectivity index (χ4n) is 1.96. The minimum Gasteiger partial charge on any atom is -0.508 e. The Kier molecular flexibility index (Phi) is 3.23. The van der Waals surface area contributed by atoms with Crippen LogP contribution in [0.4, 0.5) is 0 Å². The molecule has 1 aliphatic rings. The molecule has 1 aliphatic heterocycles. The van der Waals surface area contributed by atoms with Crippen LogP contribution in [0.5, 0.6) is 5.75 Å². The maximum Gasteiger partial charge on any atom is 0.254 e. The molecule has 0 atom stereocenters. The SMILES string of the molecule is Cc1c(O)cccc1C(=O)N1CCN(C)C(=O)C1. The molecule has 1 aromatic carbocycles. The first-order valence-corrected chi connectivity index (χ1v) is 5.82. The van der Waals surface area contributed by atoms with Crippen molar-refractivity contribution in [1.29, 1.82) is 0 Å². The van der Waals surface area contributed by atoms with Gasteiger partial charge in [0.15, 0.2) is 0 Å². The third-order valence-electron chi connectivity index (χ3n) is 3.28. The van der Waals surface area contributed by atoms with Crippen LogP contribution in [0, 0.1) is 6.92 Å². The van der Waals surface area contributed by atoms with Gasteiger partial charge in [0.1, 0.15) is 12.3 Å². The summed E-state index contributed by atoms with van der Waals surface area (Å²) in [6, 6.07) is 4.84. The normalized spacial score (nSPS) is 16.0. The molecule has 0 radical (unpaired) electrons. The van der Waals surface area contributed by atoms with Gasteiger partial charge in [0.2, 0.25) is 5.91 Å². The first-order chi connectivity index (χ1) is 8.50. The molecular weight excluding hydrogens is 232 g/mol. The van der Waals surface area contributed by atoms with Gasteiger partial charge in [-0.2, -0.15) is 0 Å². The molecule has 18 heavy (non-hydrogen) atoms. The van der Waals surface area contributed by atoms with Crippen LogP contribution in [0.25, 0.3) is 0 Å². The molecule has 0 aromatic heterocycles. The van der Waals surface area contributed by atoms with Crippen molar-refractivity contribution in [3.05, 3.63) is 29.3 Å². The summed E-state index contributed by atoms with van der Waals surface area (Å²) in [5.41, 5.74) is 1.00. The summed E-state index contributed by atoms with van der Waals surface area (Å²) in [4.78, 5) is 27.0. The number of rotatable bonds is 1. The molecule has 0 spiro atoms. The quantitative estimate of drug-likeness (QED) is 0.792. The Morgan fingerprint density at radius 1 is 1.33 bits per heavy atom. The average molecular weight is 248 g/mol. The third kappa shape index (κ3) is 2.16. The van der Waals surface area contributed by atoms with Crippen molar-refractivity contribution in [1.82, 2.24) is 9.80 Å². The Morgan fingerprint density at radius 3 is 2.72 bits per heavy atom. The Balaban J connectivity index is 2.22. The molecule has 1 N–H and O–H groups in total. The monoisotopic (exact) mass is 248 g/mol. The third-order valence-corrected chi connectivity index (χ3v) is 3.28. The van der Waals surface area contributed by atoms with Gasteiger partial charge in [0.25, 0.3) is 5.91 Å². The highest BCUT2D eigenvalue weighted by Gasteiger charge is 2.26. The predicted octanol–water partition coefficient (Wildman–Crippen LogP) is 0.615. The van der Waals surface area contributed by atoms with Crippen LogP contribution in [0.15, 0.2) is 18.2 Å². The van der Waals surface area contributed by atoms with Crippen LogP contribution in [-0.2, 0) is 4.79 Å². The minimum atomic E-state index is -0.204. The number of amides is 2. The fourth-order valence-corrected chi connectivity index (χ4v) is 1.96. The minimum absolute atomic E-state index is 0.0626. The van der Waals surface area contributed by atoms with Crippen LogP contribution in [0.3, 0.4) is 0 Å². The van der Waals surface area contributed by atoms with Crippen molar-refractivity contribution in [3.8, 4) is 5.75 Å². The summed E-state index contributed by atoms with van der Waals surface area (Å²) >= 11 is 0. The number of phenolic OH excluding ortho intramolecular Hbond substituents is 1. The molecule has 96 valence electrons. The van der Waals surface area contributed by atoms with Gasteiger partial charge in [0.05, 0.1) is 0 Å². The van der Waals surface area contributed by atoms with E-state index < -0.39 is 0 Å². The van der Waals surface area contributed by atoms with Gasteiger partial charge in [-0.25, -0.2) is 0 Å². The summed E-state index contributed by atoms with van der Waals surface area (Å²) in [6.45, 7) is 2.86. The highest BCUT2D eigenvalue weighted by Crippen LogP contribution is 2.21. The summed E-state index contributed by atoms with van der Waals surface area (Å²) in [5.74, 6) is -0.168. The van der Waals surface area contributed by atoms with Crippen LogP contribution in [0.1, 0.15) is 15.9 Å². The fraction of sp³-hybridized carbons (Fsp3) is 0.385. The van der Waals surface area contributed by atoms with Gasteiger partial charge in [0, 0.05) is 31.3 Å². The molecule has 5 heteroatoms. The number of likely N-dealkylation sites (N-methyl/N-ethyl adjacent to an activating group) is 1. The van der Waals surface area contributed by atoms with Gasteiger partial charge >= 0.3 is 0 Å². The van der Waals surface area contributed by atoms with E-state index in [9.17, 15) is 14.7 Å². The zero-order chi connectivity index (χ0) is 13.3. The molecule has 5 nitrogen and oxygen atoms in total. The molecule has 0 saturated carbocycles. The summed E-state index contributed by atoms with van der Waals surface area (Å²) in [7, 11) is 1.73. The Labute approximate surface area is 106 Å². The van der Waals surface area contributed by atoms with Gasteiger partial charge in [-0.3, -0.25) is 9.59 Å². The van der Waals surface area contributed by atoms with E-state index in [0.29, 0.717) is 24.2 Å². The van der Waals surface area contributed by atoms with E-state index in [1.807, 2.05) is 0 Å². The van der Waals surface area contributed by atoms with E-state index in [4.69, 9.17) is 0 Å². The molecule has 1 aromatic rings. The predicted molar refractivity (Wildman–Crippen MR) is 66.4 cm³/mol. The number of aromatic hydroxyl groups is 1. The van der Waals surface area contributed by atoms with Gasteiger partial charge in [-0.1, -0.05) is 6.07 Å². The number of hydrogen-bond donors (Lipinski definition) is 1. The molecule has 0 unspecified atom stereocenters. The average Bonchev–Trinajstić information content (AvgIpc) is 2.35. The second-order valence-electron chi connectivity index (χ2n) is 4.49. The number of carbonyl (C=O) groups excluding carboxylic acids is 2. The lowest BCUT2D eigenvalue weighted by Crippen LogP contribution is -2.50. The number of phenols is 1. The second-order valence-corrected chi connectivity index (χ2v) is 4.49. The number of hydrogen-bond acceptors (Lipinski definition) is 3. The summed E-state index contributed by atoms with van der Waals surface area (Å²) in [6.07, 6.45) is 0. The second kappa shape index (κ2) is 4.68. The molecule has 2 rings (SSSR count). The molecule has 0 aliphatic carbocycles. The first kappa shape index (κ1) is 12.4. The number of benzene rings is 1. The van der Waals surface area contributed by atoms with E-state index in [0.717, 1.165) is 0 Å². The van der Waals surface area contributed by atoms with E-state index in [-0.39, 0.29) is 24.1 Å². The van der Waals surface area contributed by atoms with Crippen molar-refractivity contribution in [3.63, 3.8) is 0 Å². The Hall–Kier alpha value is -2.04. The molecule has 0 bridgehead atoms. The zero-order valence-electron chi connectivity index (χ0n) is 10.5. The van der Waals surface area contributed by atoms with E-state index in [2.05, 4.69) is 0 Å². The van der Waals surface area contributed by atoms with Crippen LogP contribution in [-0.4, -0.2) is 53.4 Å². The van der Waals surface area contributed by atoms with Gasteiger partial charge in [-0.15, -0.1) is 0 Å². The summed E-state index contributed by atoms with van der Waals surface area (Å²) < 4.78 is 0. The van der Waals surface area contributed by atoms with Crippen molar-refractivity contribution in [2.45, 2.75) is 6.92 Å². The highest BCUT2D eigenvalue weighted by atomic mass is 16.3. The lowest BCUT2D eigenvalue weighted by Gasteiger charge is -2.32.